The van der Waals surface area contributed by atoms with Gasteiger partial charge in [-0.2, -0.15) is 0 Å². The van der Waals surface area contributed by atoms with Crippen molar-refractivity contribution in [1.82, 2.24) is 10.2 Å². The van der Waals surface area contributed by atoms with Gasteiger partial charge < -0.3 is 34.6 Å². The average Bonchev–Trinajstić information content (AvgIpc) is 3.51. The summed E-state index contributed by atoms with van der Waals surface area (Å²) in [6.45, 7) is 6.47. The van der Waals surface area contributed by atoms with Crippen LogP contribution in [0.5, 0.6) is 0 Å². The molecule has 0 saturated carbocycles. The van der Waals surface area contributed by atoms with E-state index in [0.29, 0.717) is 31.4 Å². The van der Waals surface area contributed by atoms with E-state index < -0.39 is 41.5 Å². The Morgan fingerprint density at radius 3 is 2.42 bits per heavy atom. The van der Waals surface area contributed by atoms with Crippen LogP contribution in [-0.4, -0.2) is 90.8 Å². The second-order valence-corrected chi connectivity index (χ2v) is 13.3. The maximum Gasteiger partial charge on any atom is 0.306 e. The minimum Gasteiger partial charge on any atom is -0.463 e. The standard InChI is InChI=1S/C39H48N4O7/c1-3-41(4-2)28-18-20-29(21-19-28)42-24-13-22-39-34(37(47)43(35(39)38(42)48)23-11-6-12-25-44)33-31(50-39)16-9-10-17-32(45)49-26-30(40-36(33)46)27-14-7-5-8-15-27/h5,7-9,13-16,18-22,30-31,33-35,44H,3-4,6,10-12,17,23-26H2,1-2H3,(H,40,46)/b16-9-/t30-,31+,33-,34-,35+,39-/m1/s1. The summed E-state index contributed by atoms with van der Waals surface area (Å²) in [7, 11) is 0. The first kappa shape index (κ1) is 35.3. The van der Waals surface area contributed by atoms with Gasteiger partial charge >= 0.3 is 5.97 Å². The van der Waals surface area contributed by atoms with Crippen LogP contribution in [0.15, 0.2) is 78.9 Å². The minimum absolute atomic E-state index is 0.0418. The van der Waals surface area contributed by atoms with Crippen molar-refractivity contribution >= 4 is 35.1 Å². The zero-order valence-corrected chi connectivity index (χ0v) is 28.9. The molecule has 6 rings (SSSR count). The highest BCUT2D eigenvalue weighted by molar-refractivity contribution is 6.05. The molecule has 2 aromatic carbocycles. The molecule has 0 radical (unpaired) electrons. The van der Waals surface area contributed by atoms with E-state index in [9.17, 15) is 24.3 Å². The molecule has 6 atom stereocenters. The summed E-state index contributed by atoms with van der Waals surface area (Å²) in [4.78, 5) is 62.0. The molecule has 2 aromatic rings. The van der Waals surface area contributed by atoms with Crippen molar-refractivity contribution in [2.75, 3.05) is 49.2 Å². The number of hydrogen-bond acceptors (Lipinski definition) is 8. The van der Waals surface area contributed by atoms with Gasteiger partial charge in [0.15, 0.2) is 0 Å². The summed E-state index contributed by atoms with van der Waals surface area (Å²) in [5.41, 5.74) is 1.13. The number of carbonyl (C=O) groups excluding carboxylic acids is 4. The second kappa shape index (κ2) is 15.6. The summed E-state index contributed by atoms with van der Waals surface area (Å²) in [5, 5.41) is 12.5. The van der Waals surface area contributed by atoms with Crippen LogP contribution < -0.4 is 15.1 Å². The summed E-state index contributed by atoms with van der Waals surface area (Å²) in [6.07, 6.45) is 8.83. The Balaban J connectivity index is 1.38. The topological polar surface area (TPSA) is 129 Å². The van der Waals surface area contributed by atoms with Gasteiger partial charge in [0.1, 0.15) is 18.2 Å². The Kier molecular flexibility index (Phi) is 11.0. The maximum absolute atomic E-state index is 14.8. The lowest BCUT2D eigenvalue weighted by Gasteiger charge is -2.35. The first-order valence-corrected chi connectivity index (χ1v) is 17.9. The highest BCUT2D eigenvalue weighted by atomic mass is 16.5. The van der Waals surface area contributed by atoms with E-state index in [2.05, 4.69) is 24.1 Å². The molecule has 0 bridgehead atoms. The number of ether oxygens (including phenoxy) is 2. The molecule has 4 heterocycles. The number of unbranched alkanes of at least 4 members (excludes halogenated alkanes) is 2. The first-order valence-electron chi connectivity index (χ1n) is 17.9. The number of allylic oxidation sites excluding steroid dienone is 1. The van der Waals surface area contributed by atoms with Crippen LogP contribution in [0.3, 0.4) is 0 Å². The van der Waals surface area contributed by atoms with E-state index >= 15 is 0 Å². The van der Waals surface area contributed by atoms with Crippen molar-refractivity contribution in [3.8, 4) is 0 Å². The Morgan fingerprint density at radius 2 is 1.70 bits per heavy atom. The average molecular weight is 685 g/mol. The fraction of sp³-hybridized carbons (Fsp3) is 0.487. The third-order valence-electron chi connectivity index (χ3n) is 10.4. The molecule has 3 amide bonds. The predicted molar refractivity (Wildman–Crippen MR) is 189 cm³/mol. The number of hydrogen-bond donors (Lipinski definition) is 2. The number of cyclic esters (lactones) is 1. The van der Waals surface area contributed by atoms with Crippen LogP contribution in [0, 0.1) is 11.8 Å². The molecular weight excluding hydrogens is 636 g/mol. The van der Waals surface area contributed by atoms with Crippen molar-refractivity contribution in [3.63, 3.8) is 0 Å². The summed E-state index contributed by atoms with van der Waals surface area (Å²) >= 11 is 0. The Hall–Kier alpha value is -4.48. The Bertz CT molecular complexity index is 1590. The minimum atomic E-state index is -1.40. The van der Waals surface area contributed by atoms with Crippen molar-refractivity contribution in [3.05, 3.63) is 84.5 Å². The molecule has 0 aromatic heterocycles. The van der Waals surface area contributed by atoms with Gasteiger partial charge in [-0.1, -0.05) is 54.6 Å². The summed E-state index contributed by atoms with van der Waals surface area (Å²) in [5.74, 6) is -3.27. The van der Waals surface area contributed by atoms with Crippen molar-refractivity contribution in [1.29, 1.82) is 0 Å². The number of fused-ring (bicyclic) bond motifs is 2. The molecule has 2 fully saturated rings. The van der Waals surface area contributed by atoms with Gasteiger partial charge in [0.25, 0.3) is 5.91 Å². The van der Waals surface area contributed by atoms with E-state index in [1.165, 1.54) is 0 Å². The summed E-state index contributed by atoms with van der Waals surface area (Å²) < 4.78 is 12.4. The molecule has 2 saturated heterocycles. The second-order valence-electron chi connectivity index (χ2n) is 13.3. The van der Waals surface area contributed by atoms with E-state index in [1.54, 1.807) is 22.0 Å². The fourth-order valence-electron chi connectivity index (χ4n) is 7.91. The van der Waals surface area contributed by atoms with Crippen LogP contribution in [0.1, 0.15) is 57.6 Å². The third-order valence-corrected chi connectivity index (χ3v) is 10.4. The SMILES string of the molecule is CCN(CC)c1ccc(N2CC=C[C@@]34O[C@H]5/C=C\CCC(=O)OC[C@H](c6ccccc6)NC(=O)[C@H]5[C@@H]3C(=O)N(CCCCCO)[C@H]4C2=O)cc1. The smallest absolute Gasteiger partial charge is 0.306 e. The van der Waals surface area contributed by atoms with Crippen molar-refractivity contribution in [2.24, 2.45) is 11.8 Å². The molecule has 2 N–H and O–H groups in total. The van der Waals surface area contributed by atoms with E-state index in [0.717, 1.165) is 24.3 Å². The van der Waals surface area contributed by atoms with Gasteiger partial charge in [-0.05, 0) is 69.4 Å². The number of nitrogens with one attached hydrogen (secondary N) is 1. The molecule has 0 unspecified atom stereocenters. The van der Waals surface area contributed by atoms with Gasteiger partial charge in [-0.3, -0.25) is 19.2 Å². The van der Waals surface area contributed by atoms with Gasteiger partial charge in [0, 0.05) is 50.6 Å². The zero-order chi connectivity index (χ0) is 35.3. The van der Waals surface area contributed by atoms with Gasteiger partial charge in [0.2, 0.25) is 11.8 Å². The largest absolute Gasteiger partial charge is 0.463 e. The molecule has 0 aliphatic carbocycles. The number of benzene rings is 2. The highest BCUT2D eigenvalue weighted by Gasteiger charge is 2.71. The van der Waals surface area contributed by atoms with E-state index in [1.807, 2.05) is 66.7 Å². The van der Waals surface area contributed by atoms with Crippen LogP contribution >= 0.6 is 0 Å². The Labute approximate surface area is 293 Å². The van der Waals surface area contributed by atoms with Crippen molar-refractivity contribution in [2.45, 2.75) is 69.7 Å². The number of esters is 1. The first-order chi connectivity index (χ1) is 24.3. The molecule has 266 valence electrons. The molecule has 11 nitrogen and oxygen atoms in total. The molecule has 11 heteroatoms. The lowest BCUT2D eigenvalue weighted by Crippen LogP contribution is -2.55. The van der Waals surface area contributed by atoms with E-state index in [-0.39, 0.29) is 50.5 Å². The normalized spacial score (nSPS) is 28.8. The highest BCUT2D eigenvalue weighted by Crippen LogP contribution is 2.53. The molecule has 4 aliphatic heterocycles. The summed E-state index contributed by atoms with van der Waals surface area (Å²) in [6, 6.07) is 15.5. The molecule has 4 aliphatic rings. The van der Waals surface area contributed by atoms with Crippen LogP contribution in [0.2, 0.25) is 0 Å². The number of rotatable bonds is 10. The molecule has 50 heavy (non-hydrogen) atoms. The monoisotopic (exact) mass is 684 g/mol. The van der Waals surface area contributed by atoms with Gasteiger partial charge in [0.05, 0.1) is 24.0 Å². The number of likely N-dealkylation sites (tertiary alicyclic amines) is 1. The van der Waals surface area contributed by atoms with E-state index in [4.69, 9.17) is 9.47 Å². The number of aliphatic hydroxyl groups excluding tert-OH is 1. The zero-order valence-electron chi connectivity index (χ0n) is 28.9. The number of nitrogens with zero attached hydrogens (tertiary/aromatic N) is 3. The third kappa shape index (κ3) is 6.81. The molecule has 1 spiro atoms. The predicted octanol–water partition coefficient (Wildman–Crippen LogP) is 3.93. The maximum atomic E-state index is 14.8. The van der Waals surface area contributed by atoms with Gasteiger partial charge in [-0.15, -0.1) is 0 Å². The quantitative estimate of drug-likeness (QED) is 0.219. The van der Waals surface area contributed by atoms with Gasteiger partial charge in [-0.25, -0.2) is 0 Å². The molecular formula is C39H48N4O7. The number of amides is 3. The number of carbonyl (C=O) groups is 4. The van der Waals surface area contributed by atoms with Crippen molar-refractivity contribution < 1.29 is 33.8 Å². The Morgan fingerprint density at radius 1 is 0.940 bits per heavy atom. The number of aliphatic hydroxyl groups is 1. The fourth-order valence-corrected chi connectivity index (χ4v) is 7.91. The van der Waals surface area contributed by atoms with Crippen LogP contribution in [0.4, 0.5) is 11.4 Å². The lowest BCUT2D eigenvalue weighted by molar-refractivity contribution is -0.146. The number of anilines is 2. The van der Waals surface area contributed by atoms with Crippen LogP contribution in [0.25, 0.3) is 0 Å². The van der Waals surface area contributed by atoms with Crippen LogP contribution in [-0.2, 0) is 28.7 Å². The lowest BCUT2D eigenvalue weighted by atomic mass is 9.77.